The molecule has 18 heavy (non-hydrogen) atoms. The molecule has 6 nitrogen and oxygen atoms in total. The van der Waals surface area contributed by atoms with Gasteiger partial charge in [-0.2, -0.15) is 0 Å². The van der Waals surface area contributed by atoms with Gasteiger partial charge in [0.05, 0.1) is 26.3 Å². The first-order chi connectivity index (χ1) is 8.67. The van der Waals surface area contributed by atoms with Gasteiger partial charge in [-0.05, 0) is 0 Å². The van der Waals surface area contributed by atoms with Crippen LogP contribution in [0.5, 0.6) is 5.75 Å². The smallest absolute Gasteiger partial charge is 0.311 e. The third-order valence-electron chi connectivity index (χ3n) is 2.93. The number of ether oxygens (including phenoxy) is 2. The largest absolute Gasteiger partial charge is 0.494 e. The van der Waals surface area contributed by atoms with Gasteiger partial charge in [0.25, 0.3) is 0 Å². The second-order valence-corrected chi connectivity index (χ2v) is 3.98. The first-order valence-electron chi connectivity index (χ1n) is 5.53. The highest BCUT2D eigenvalue weighted by Gasteiger charge is 2.36. The summed E-state index contributed by atoms with van der Waals surface area (Å²) in [6, 6.07) is 1.67. The monoisotopic (exact) mass is 250 g/mol. The summed E-state index contributed by atoms with van der Waals surface area (Å²) in [5.74, 6) is -0.360. The summed E-state index contributed by atoms with van der Waals surface area (Å²) in [5, 5.41) is 0. The molecular weight excluding hydrogens is 236 g/mol. The molecular formula is C12H14N2O4. The van der Waals surface area contributed by atoms with E-state index in [0.717, 1.165) is 0 Å². The van der Waals surface area contributed by atoms with Gasteiger partial charge in [-0.25, -0.2) is 0 Å². The molecule has 1 fully saturated rings. The van der Waals surface area contributed by atoms with Crippen LogP contribution < -0.4 is 9.64 Å². The molecule has 1 saturated heterocycles. The Bertz CT molecular complexity index is 475. The number of hydrogen-bond donors (Lipinski definition) is 0. The van der Waals surface area contributed by atoms with Crippen LogP contribution in [0.2, 0.25) is 0 Å². The Morgan fingerprint density at radius 2 is 2.28 bits per heavy atom. The molecule has 0 radical (unpaired) electrons. The third-order valence-corrected chi connectivity index (χ3v) is 2.93. The molecule has 0 aromatic carbocycles. The van der Waals surface area contributed by atoms with E-state index in [1.54, 1.807) is 18.5 Å². The topological polar surface area (TPSA) is 68.7 Å². The van der Waals surface area contributed by atoms with Gasteiger partial charge in [0.2, 0.25) is 5.91 Å². The van der Waals surface area contributed by atoms with Gasteiger partial charge >= 0.3 is 5.97 Å². The van der Waals surface area contributed by atoms with Gasteiger partial charge in [-0.3, -0.25) is 14.6 Å². The minimum Gasteiger partial charge on any atom is -0.494 e. The maximum atomic E-state index is 11.9. The zero-order chi connectivity index (χ0) is 13.1. The molecule has 6 heteroatoms. The lowest BCUT2D eigenvalue weighted by atomic mass is 10.1. The normalized spacial score (nSPS) is 18.9. The number of amides is 1. The van der Waals surface area contributed by atoms with Crippen molar-refractivity contribution in [2.75, 3.05) is 25.7 Å². The van der Waals surface area contributed by atoms with Gasteiger partial charge < -0.3 is 14.4 Å². The standard InChI is InChI=1S/C12H14N2O4/c1-17-10-3-4-13-6-9(10)14-7-8(5-11(14)15)12(16)18-2/h3-4,6,8H,5,7H2,1-2H3. The molecule has 0 saturated carbocycles. The second kappa shape index (κ2) is 5.03. The lowest BCUT2D eigenvalue weighted by molar-refractivity contribution is -0.145. The van der Waals surface area contributed by atoms with Crippen molar-refractivity contribution in [3.8, 4) is 5.75 Å². The van der Waals surface area contributed by atoms with Crippen LogP contribution in [0.3, 0.4) is 0 Å². The highest BCUT2D eigenvalue weighted by molar-refractivity contribution is 6.00. The molecule has 1 aromatic heterocycles. The molecule has 2 rings (SSSR count). The highest BCUT2D eigenvalue weighted by Crippen LogP contribution is 2.32. The lowest BCUT2D eigenvalue weighted by Crippen LogP contribution is -2.26. The van der Waals surface area contributed by atoms with Crippen molar-refractivity contribution in [3.05, 3.63) is 18.5 Å². The molecule has 1 amide bonds. The van der Waals surface area contributed by atoms with E-state index < -0.39 is 5.92 Å². The van der Waals surface area contributed by atoms with E-state index in [0.29, 0.717) is 18.0 Å². The predicted octanol–water partition coefficient (Wildman–Crippen LogP) is 0.616. The Kier molecular flexibility index (Phi) is 3.45. The minimum absolute atomic E-state index is 0.128. The van der Waals surface area contributed by atoms with E-state index in [4.69, 9.17) is 4.74 Å². The van der Waals surface area contributed by atoms with Crippen LogP contribution in [0, 0.1) is 5.92 Å². The maximum Gasteiger partial charge on any atom is 0.311 e. The zero-order valence-corrected chi connectivity index (χ0v) is 10.3. The quantitative estimate of drug-likeness (QED) is 0.735. The lowest BCUT2D eigenvalue weighted by Gasteiger charge is -2.18. The van der Waals surface area contributed by atoms with Gasteiger partial charge in [0.1, 0.15) is 11.4 Å². The van der Waals surface area contributed by atoms with Crippen molar-refractivity contribution in [3.63, 3.8) is 0 Å². The van der Waals surface area contributed by atoms with Crippen molar-refractivity contribution in [1.82, 2.24) is 4.98 Å². The van der Waals surface area contributed by atoms with Crippen LogP contribution in [-0.4, -0.2) is 37.6 Å². The summed E-state index contributed by atoms with van der Waals surface area (Å²) in [6.45, 7) is 0.299. The third kappa shape index (κ3) is 2.13. The molecule has 0 aliphatic carbocycles. The number of pyridine rings is 1. The Morgan fingerprint density at radius 1 is 1.50 bits per heavy atom. The van der Waals surface area contributed by atoms with Crippen molar-refractivity contribution < 1.29 is 19.1 Å². The Hall–Kier alpha value is -2.11. The highest BCUT2D eigenvalue weighted by atomic mass is 16.5. The average molecular weight is 250 g/mol. The molecule has 2 heterocycles. The number of hydrogen-bond acceptors (Lipinski definition) is 5. The number of rotatable bonds is 3. The van der Waals surface area contributed by atoms with Crippen LogP contribution in [0.1, 0.15) is 6.42 Å². The molecule has 1 aromatic rings. The summed E-state index contributed by atoms with van der Waals surface area (Å²) in [6.07, 6.45) is 3.29. The van der Waals surface area contributed by atoms with Gasteiger partial charge in [-0.15, -0.1) is 0 Å². The molecule has 1 aliphatic rings. The van der Waals surface area contributed by atoms with Crippen LogP contribution in [0.25, 0.3) is 0 Å². The number of carbonyl (C=O) groups is 2. The fourth-order valence-corrected chi connectivity index (χ4v) is 2.01. The van der Waals surface area contributed by atoms with Gasteiger partial charge in [0, 0.05) is 25.2 Å². The number of aromatic nitrogens is 1. The number of esters is 1. The molecule has 1 aliphatic heterocycles. The van der Waals surface area contributed by atoms with E-state index in [9.17, 15) is 9.59 Å². The first-order valence-corrected chi connectivity index (χ1v) is 5.53. The first kappa shape index (κ1) is 12.3. The number of methoxy groups -OCH3 is 2. The molecule has 0 spiro atoms. The van der Waals surface area contributed by atoms with Crippen molar-refractivity contribution >= 4 is 17.6 Å². The van der Waals surface area contributed by atoms with E-state index in [2.05, 4.69) is 9.72 Å². The maximum absolute atomic E-state index is 11.9. The van der Waals surface area contributed by atoms with Crippen molar-refractivity contribution in [2.24, 2.45) is 5.92 Å². The van der Waals surface area contributed by atoms with E-state index in [-0.39, 0.29) is 18.3 Å². The Labute approximate surface area is 105 Å². The molecule has 0 bridgehead atoms. The van der Waals surface area contributed by atoms with E-state index in [1.807, 2.05) is 0 Å². The molecule has 1 atom stereocenters. The van der Waals surface area contributed by atoms with E-state index >= 15 is 0 Å². The molecule has 96 valence electrons. The second-order valence-electron chi connectivity index (χ2n) is 3.98. The zero-order valence-electron chi connectivity index (χ0n) is 10.3. The minimum atomic E-state index is -0.424. The van der Waals surface area contributed by atoms with Crippen LogP contribution in [0.15, 0.2) is 18.5 Å². The summed E-state index contributed by atoms with van der Waals surface area (Å²) in [5.41, 5.74) is 0.580. The fraction of sp³-hybridized carbons (Fsp3) is 0.417. The molecule has 1 unspecified atom stereocenters. The number of nitrogens with zero attached hydrogens (tertiary/aromatic N) is 2. The Balaban J connectivity index is 2.24. The van der Waals surface area contributed by atoms with Crippen molar-refractivity contribution in [2.45, 2.75) is 6.42 Å². The summed E-state index contributed by atoms with van der Waals surface area (Å²) in [4.78, 5) is 28.8. The molecule has 0 N–H and O–H groups in total. The van der Waals surface area contributed by atoms with Crippen LogP contribution >= 0.6 is 0 Å². The average Bonchev–Trinajstić information content (AvgIpc) is 2.79. The number of carbonyl (C=O) groups excluding carboxylic acids is 2. The van der Waals surface area contributed by atoms with Gasteiger partial charge in [0.15, 0.2) is 0 Å². The van der Waals surface area contributed by atoms with E-state index in [1.165, 1.54) is 19.1 Å². The predicted molar refractivity (Wildman–Crippen MR) is 63.3 cm³/mol. The van der Waals surface area contributed by atoms with Gasteiger partial charge in [-0.1, -0.05) is 0 Å². The van der Waals surface area contributed by atoms with Crippen LogP contribution in [-0.2, 0) is 14.3 Å². The Morgan fingerprint density at radius 3 is 2.94 bits per heavy atom. The van der Waals surface area contributed by atoms with Crippen LogP contribution in [0.4, 0.5) is 5.69 Å². The summed E-state index contributed by atoms with van der Waals surface area (Å²) < 4.78 is 9.84. The summed E-state index contributed by atoms with van der Waals surface area (Å²) in [7, 11) is 2.84. The number of anilines is 1. The SMILES string of the molecule is COC(=O)C1CC(=O)N(c2cnccc2OC)C1. The fourth-order valence-electron chi connectivity index (χ4n) is 2.01. The summed E-state index contributed by atoms with van der Waals surface area (Å²) >= 11 is 0. The van der Waals surface area contributed by atoms with Crippen molar-refractivity contribution in [1.29, 1.82) is 0 Å².